The minimum absolute atomic E-state index is 0.0286. The number of anilines is 1. The molecule has 2 N–H and O–H groups in total. The number of rotatable bonds is 5. The zero-order valence-corrected chi connectivity index (χ0v) is 11.4. The quantitative estimate of drug-likeness (QED) is 0.647. The Balaban J connectivity index is 2.21. The van der Waals surface area contributed by atoms with Crippen LogP contribution in [0, 0.1) is 10.1 Å². The van der Waals surface area contributed by atoms with Crippen molar-refractivity contribution in [2.75, 3.05) is 12.4 Å². The third kappa shape index (κ3) is 3.33. The van der Waals surface area contributed by atoms with Gasteiger partial charge < -0.3 is 10.6 Å². The van der Waals surface area contributed by atoms with Crippen LogP contribution in [0.5, 0.6) is 0 Å². The van der Waals surface area contributed by atoms with Crippen LogP contribution in [-0.4, -0.2) is 22.9 Å². The molecule has 108 valence electrons. The van der Waals surface area contributed by atoms with Gasteiger partial charge in [0.1, 0.15) is 11.3 Å². The zero-order chi connectivity index (χ0) is 15.2. The number of hydrogen-bond donors (Lipinski definition) is 2. The largest absolute Gasteiger partial charge is 0.383 e. The summed E-state index contributed by atoms with van der Waals surface area (Å²) < 4.78 is 0. The van der Waals surface area contributed by atoms with Crippen molar-refractivity contribution in [2.24, 2.45) is 0 Å². The lowest BCUT2D eigenvalue weighted by Gasteiger charge is -2.08. The van der Waals surface area contributed by atoms with Gasteiger partial charge in [0.05, 0.1) is 4.92 Å². The lowest BCUT2D eigenvalue weighted by Crippen LogP contribution is -2.24. The van der Waals surface area contributed by atoms with Crippen LogP contribution in [0.15, 0.2) is 42.7 Å². The van der Waals surface area contributed by atoms with Crippen molar-refractivity contribution in [1.29, 1.82) is 0 Å². The van der Waals surface area contributed by atoms with Crippen LogP contribution >= 0.6 is 0 Å². The van der Waals surface area contributed by atoms with E-state index in [1.54, 1.807) is 43.7 Å². The molecule has 0 bridgehead atoms. The minimum Gasteiger partial charge on any atom is -0.383 e. The van der Waals surface area contributed by atoms with Crippen molar-refractivity contribution in [3.63, 3.8) is 0 Å². The molecule has 0 fully saturated rings. The fraction of sp³-hybridized carbons (Fsp3) is 0.143. The summed E-state index contributed by atoms with van der Waals surface area (Å²) in [4.78, 5) is 26.6. The standard InChI is InChI=1S/C14H14N4O3/c1-15-12-4-2-3-11(13(12)18(20)21)14(19)17-9-10-5-7-16-8-6-10/h2-8,15H,9H2,1H3,(H,17,19). The van der Waals surface area contributed by atoms with Crippen molar-refractivity contribution >= 4 is 17.3 Å². The predicted molar refractivity (Wildman–Crippen MR) is 78.1 cm³/mol. The molecule has 0 aliphatic carbocycles. The molecule has 1 aromatic carbocycles. The number of carbonyl (C=O) groups excluding carboxylic acids is 1. The van der Waals surface area contributed by atoms with E-state index in [2.05, 4.69) is 15.6 Å². The van der Waals surface area contributed by atoms with Crippen LogP contribution in [0.1, 0.15) is 15.9 Å². The first-order valence-corrected chi connectivity index (χ1v) is 6.25. The number of carbonyl (C=O) groups is 1. The molecule has 1 amide bonds. The molecule has 0 aliphatic rings. The Morgan fingerprint density at radius 2 is 2.00 bits per heavy atom. The van der Waals surface area contributed by atoms with Gasteiger partial charge in [0.15, 0.2) is 0 Å². The van der Waals surface area contributed by atoms with Crippen molar-refractivity contribution in [2.45, 2.75) is 6.54 Å². The van der Waals surface area contributed by atoms with Crippen LogP contribution in [0.4, 0.5) is 11.4 Å². The van der Waals surface area contributed by atoms with Gasteiger partial charge in [0.2, 0.25) is 0 Å². The third-order valence-electron chi connectivity index (χ3n) is 2.93. The zero-order valence-electron chi connectivity index (χ0n) is 11.4. The molecule has 0 saturated carbocycles. The van der Waals surface area contributed by atoms with Gasteiger partial charge in [-0.3, -0.25) is 19.9 Å². The van der Waals surface area contributed by atoms with Crippen LogP contribution in [0.25, 0.3) is 0 Å². The number of para-hydroxylation sites is 1. The number of nitro groups is 1. The van der Waals surface area contributed by atoms with Gasteiger partial charge in [-0.05, 0) is 29.8 Å². The number of amides is 1. The van der Waals surface area contributed by atoms with Crippen molar-refractivity contribution in [3.05, 3.63) is 64.0 Å². The number of nitrogens with one attached hydrogen (secondary N) is 2. The number of hydrogen-bond acceptors (Lipinski definition) is 5. The van der Waals surface area contributed by atoms with E-state index >= 15 is 0 Å². The van der Waals surface area contributed by atoms with Gasteiger partial charge in [-0.25, -0.2) is 0 Å². The fourth-order valence-corrected chi connectivity index (χ4v) is 1.90. The fourth-order valence-electron chi connectivity index (χ4n) is 1.90. The van der Waals surface area contributed by atoms with Gasteiger partial charge in [-0.15, -0.1) is 0 Å². The van der Waals surface area contributed by atoms with E-state index in [0.717, 1.165) is 5.56 Å². The molecule has 2 aromatic rings. The molecular weight excluding hydrogens is 272 g/mol. The summed E-state index contributed by atoms with van der Waals surface area (Å²) in [6.45, 7) is 0.280. The highest BCUT2D eigenvalue weighted by Crippen LogP contribution is 2.28. The molecule has 7 heteroatoms. The lowest BCUT2D eigenvalue weighted by atomic mass is 10.1. The third-order valence-corrected chi connectivity index (χ3v) is 2.93. The van der Waals surface area contributed by atoms with E-state index < -0.39 is 10.8 Å². The van der Waals surface area contributed by atoms with E-state index in [9.17, 15) is 14.9 Å². The highest BCUT2D eigenvalue weighted by molar-refractivity contribution is 6.00. The van der Waals surface area contributed by atoms with Crippen LogP contribution in [0.3, 0.4) is 0 Å². The highest BCUT2D eigenvalue weighted by atomic mass is 16.6. The summed E-state index contributed by atoms with van der Waals surface area (Å²) in [6.07, 6.45) is 3.23. The monoisotopic (exact) mass is 286 g/mol. The Labute approximate surface area is 121 Å². The van der Waals surface area contributed by atoms with Gasteiger partial charge in [0.25, 0.3) is 5.91 Å². The second-order valence-corrected chi connectivity index (χ2v) is 4.25. The summed E-state index contributed by atoms with van der Waals surface area (Å²) in [5.41, 5.74) is 0.968. The van der Waals surface area contributed by atoms with E-state index in [-0.39, 0.29) is 17.8 Å². The number of nitro benzene ring substituents is 1. The lowest BCUT2D eigenvalue weighted by molar-refractivity contribution is -0.384. The SMILES string of the molecule is CNc1cccc(C(=O)NCc2ccncc2)c1[N+](=O)[O-]. The Kier molecular flexibility index (Phi) is 4.45. The first-order valence-electron chi connectivity index (χ1n) is 6.25. The molecule has 0 radical (unpaired) electrons. The Hall–Kier alpha value is -2.96. The van der Waals surface area contributed by atoms with Gasteiger partial charge >= 0.3 is 5.69 Å². The number of benzene rings is 1. The maximum absolute atomic E-state index is 12.2. The molecule has 7 nitrogen and oxygen atoms in total. The predicted octanol–water partition coefficient (Wildman–Crippen LogP) is 1.96. The maximum Gasteiger partial charge on any atom is 0.305 e. The minimum atomic E-state index is -0.562. The number of pyridine rings is 1. The van der Waals surface area contributed by atoms with Gasteiger partial charge in [-0.2, -0.15) is 0 Å². The average molecular weight is 286 g/mol. The molecular formula is C14H14N4O3. The molecule has 21 heavy (non-hydrogen) atoms. The molecule has 0 atom stereocenters. The summed E-state index contributed by atoms with van der Waals surface area (Å²) in [5.74, 6) is -0.490. The molecule has 0 spiro atoms. The first kappa shape index (κ1) is 14.4. The molecule has 1 heterocycles. The Morgan fingerprint density at radius 1 is 1.29 bits per heavy atom. The highest BCUT2D eigenvalue weighted by Gasteiger charge is 2.23. The van der Waals surface area contributed by atoms with Crippen molar-refractivity contribution in [3.8, 4) is 0 Å². The molecule has 0 aliphatic heterocycles. The normalized spacial score (nSPS) is 9.95. The summed E-state index contributed by atoms with van der Waals surface area (Å²) >= 11 is 0. The van der Waals surface area contributed by atoms with E-state index in [4.69, 9.17) is 0 Å². The van der Waals surface area contributed by atoms with Crippen LogP contribution < -0.4 is 10.6 Å². The second kappa shape index (κ2) is 6.47. The average Bonchev–Trinajstić information content (AvgIpc) is 2.52. The Morgan fingerprint density at radius 3 is 2.62 bits per heavy atom. The van der Waals surface area contributed by atoms with Crippen molar-refractivity contribution < 1.29 is 9.72 Å². The summed E-state index contributed by atoms with van der Waals surface area (Å²) in [6, 6.07) is 8.11. The molecule has 1 aromatic heterocycles. The Bertz CT molecular complexity index is 659. The van der Waals surface area contributed by atoms with Gasteiger partial charge in [0, 0.05) is 26.0 Å². The molecule has 2 rings (SSSR count). The van der Waals surface area contributed by atoms with E-state index in [0.29, 0.717) is 5.69 Å². The smallest absolute Gasteiger partial charge is 0.305 e. The molecule has 0 unspecified atom stereocenters. The van der Waals surface area contributed by atoms with E-state index in [1.807, 2.05) is 0 Å². The van der Waals surface area contributed by atoms with Crippen molar-refractivity contribution in [1.82, 2.24) is 10.3 Å². The first-order chi connectivity index (χ1) is 10.1. The maximum atomic E-state index is 12.2. The summed E-state index contributed by atoms with van der Waals surface area (Å²) in [7, 11) is 1.57. The second-order valence-electron chi connectivity index (χ2n) is 4.25. The number of nitrogens with zero attached hydrogens (tertiary/aromatic N) is 2. The van der Waals surface area contributed by atoms with Gasteiger partial charge in [-0.1, -0.05) is 6.07 Å². The topological polar surface area (TPSA) is 97.2 Å². The summed E-state index contributed by atoms with van der Waals surface area (Å²) in [5, 5.41) is 16.5. The van der Waals surface area contributed by atoms with Crippen LogP contribution in [-0.2, 0) is 6.54 Å². The number of aromatic nitrogens is 1. The van der Waals surface area contributed by atoms with Crippen LogP contribution in [0.2, 0.25) is 0 Å². The molecule has 0 saturated heterocycles. The van der Waals surface area contributed by atoms with E-state index in [1.165, 1.54) is 6.07 Å².